The second-order valence-electron chi connectivity index (χ2n) is 6.10. The van der Waals surface area contributed by atoms with Crippen molar-refractivity contribution in [2.45, 2.75) is 0 Å². The van der Waals surface area contributed by atoms with Gasteiger partial charge in [0.05, 0.1) is 45.7 Å². The Morgan fingerprint density at radius 2 is 1.63 bits per heavy atom. The van der Waals surface area contributed by atoms with Crippen molar-refractivity contribution in [1.29, 1.82) is 0 Å². The number of carbonyl (C=O) groups excluding carboxylic acids is 1. The fraction of sp³-hybridized carbons (Fsp3) is 0.238. The molecular weight excluding hydrogens is 424 g/mol. The van der Waals surface area contributed by atoms with E-state index < -0.39 is 0 Å². The number of thioether (sulfide) groups is 1. The number of thiocarbonyl (C=S) groups is 1. The van der Waals surface area contributed by atoms with Gasteiger partial charge in [0.1, 0.15) is 10.1 Å². The Morgan fingerprint density at radius 1 is 1.00 bits per heavy atom. The molecule has 3 rings (SSSR count). The molecule has 0 aliphatic carbocycles. The molecule has 1 amide bonds. The van der Waals surface area contributed by atoms with Crippen LogP contribution in [0, 0.1) is 0 Å². The molecule has 1 saturated heterocycles. The average Bonchev–Trinajstić information content (AvgIpc) is 3.03. The normalized spacial score (nSPS) is 14.8. The Hall–Kier alpha value is -2.91. The van der Waals surface area contributed by atoms with Crippen LogP contribution in [-0.4, -0.2) is 50.2 Å². The van der Waals surface area contributed by atoms with Crippen molar-refractivity contribution in [3.05, 3.63) is 46.9 Å². The van der Waals surface area contributed by atoms with Crippen LogP contribution in [0.3, 0.4) is 0 Å². The molecule has 30 heavy (non-hydrogen) atoms. The van der Waals surface area contributed by atoms with E-state index >= 15 is 0 Å². The number of rotatable bonds is 8. The number of methoxy groups -OCH3 is 4. The molecule has 0 unspecified atom stereocenters. The number of para-hydroxylation sites is 2. The lowest BCUT2D eigenvalue weighted by Gasteiger charge is -2.17. The Bertz CT molecular complexity index is 968. The van der Waals surface area contributed by atoms with E-state index in [4.69, 9.17) is 31.2 Å². The minimum atomic E-state index is -0.179. The molecule has 1 aliphatic heterocycles. The number of amides is 1. The molecule has 1 N–H and O–H groups in total. The Kier molecular flexibility index (Phi) is 7.07. The van der Waals surface area contributed by atoms with E-state index in [2.05, 4.69) is 5.32 Å². The number of nitrogens with zero attached hydrogens (tertiary/aromatic N) is 1. The number of carbonyl (C=O) groups is 1. The van der Waals surface area contributed by atoms with Gasteiger partial charge in [-0.05, 0) is 35.9 Å². The van der Waals surface area contributed by atoms with E-state index in [9.17, 15) is 4.79 Å². The van der Waals surface area contributed by atoms with Crippen molar-refractivity contribution in [2.24, 2.45) is 0 Å². The highest BCUT2D eigenvalue weighted by Gasteiger charge is 2.32. The van der Waals surface area contributed by atoms with E-state index in [0.717, 1.165) is 11.3 Å². The summed E-state index contributed by atoms with van der Waals surface area (Å²) in [7, 11) is 6.23. The first-order chi connectivity index (χ1) is 14.5. The summed E-state index contributed by atoms with van der Waals surface area (Å²) in [6.07, 6.45) is 1.76. The Morgan fingerprint density at radius 3 is 2.23 bits per heavy atom. The van der Waals surface area contributed by atoms with Gasteiger partial charge in [-0.1, -0.05) is 36.1 Å². The molecule has 2 aromatic rings. The number of ether oxygens (including phenoxy) is 4. The SMILES string of the molecule is COc1ccccc1NCN1C(=O)C(=Cc2cc(OC)c(OC)c(OC)c2)SC1=S. The van der Waals surface area contributed by atoms with Crippen LogP contribution in [0.5, 0.6) is 23.0 Å². The van der Waals surface area contributed by atoms with Gasteiger partial charge in [-0.2, -0.15) is 0 Å². The summed E-state index contributed by atoms with van der Waals surface area (Å²) in [6.45, 7) is 0.234. The predicted octanol–water partition coefficient (Wildman–Crippen LogP) is 3.99. The zero-order valence-electron chi connectivity index (χ0n) is 17.1. The zero-order chi connectivity index (χ0) is 21.7. The van der Waals surface area contributed by atoms with Gasteiger partial charge in [0, 0.05) is 0 Å². The third kappa shape index (κ3) is 4.47. The lowest BCUT2D eigenvalue weighted by Crippen LogP contribution is -2.33. The quantitative estimate of drug-likeness (QED) is 0.482. The van der Waals surface area contributed by atoms with Crippen LogP contribution in [0.2, 0.25) is 0 Å². The van der Waals surface area contributed by atoms with Gasteiger partial charge >= 0.3 is 0 Å². The van der Waals surface area contributed by atoms with Crippen LogP contribution in [0.25, 0.3) is 6.08 Å². The van der Waals surface area contributed by atoms with Gasteiger partial charge in [0.25, 0.3) is 5.91 Å². The van der Waals surface area contributed by atoms with Gasteiger partial charge in [-0.15, -0.1) is 0 Å². The van der Waals surface area contributed by atoms with Crippen molar-refractivity contribution in [2.75, 3.05) is 40.4 Å². The van der Waals surface area contributed by atoms with E-state index in [0.29, 0.717) is 32.2 Å². The Balaban J connectivity index is 1.81. The number of anilines is 1. The smallest absolute Gasteiger partial charge is 0.267 e. The molecule has 0 saturated carbocycles. The van der Waals surface area contributed by atoms with Gasteiger partial charge < -0.3 is 24.3 Å². The highest BCUT2D eigenvalue weighted by Crippen LogP contribution is 2.40. The summed E-state index contributed by atoms with van der Waals surface area (Å²) < 4.78 is 21.9. The summed E-state index contributed by atoms with van der Waals surface area (Å²) >= 11 is 6.65. The minimum absolute atomic E-state index is 0.179. The second kappa shape index (κ2) is 9.73. The third-order valence-electron chi connectivity index (χ3n) is 4.39. The molecule has 9 heteroatoms. The second-order valence-corrected chi connectivity index (χ2v) is 7.78. The number of benzene rings is 2. The zero-order valence-corrected chi connectivity index (χ0v) is 18.7. The van der Waals surface area contributed by atoms with Crippen molar-refractivity contribution in [3.63, 3.8) is 0 Å². The van der Waals surface area contributed by atoms with Gasteiger partial charge in [0.15, 0.2) is 11.5 Å². The minimum Gasteiger partial charge on any atom is -0.495 e. The molecule has 2 aromatic carbocycles. The maximum atomic E-state index is 12.9. The van der Waals surface area contributed by atoms with E-state index in [1.54, 1.807) is 46.6 Å². The topological polar surface area (TPSA) is 69.3 Å². The fourth-order valence-electron chi connectivity index (χ4n) is 2.93. The van der Waals surface area contributed by atoms with Gasteiger partial charge in [0.2, 0.25) is 5.75 Å². The highest BCUT2D eigenvalue weighted by molar-refractivity contribution is 8.26. The summed E-state index contributed by atoms with van der Waals surface area (Å²) in [5.41, 5.74) is 1.52. The lowest BCUT2D eigenvalue weighted by molar-refractivity contribution is -0.121. The maximum Gasteiger partial charge on any atom is 0.267 e. The van der Waals surface area contributed by atoms with Crippen LogP contribution in [0.1, 0.15) is 5.56 Å². The van der Waals surface area contributed by atoms with Crippen LogP contribution in [0.4, 0.5) is 5.69 Å². The highest BCUT2D eigenvalue weighted by atomic mass is 32.2. The van der Waals surface area contributed by atoms with Crippen LogP contribution >= 0.6 is 24.0 Å². The van der Waals surface area contributed by atoms with Gasteiger partial charge in [-0.25, -0.2) is 0 Å². The number of hydrogen-bond acceptors (Lipinski definition) is 8. The Labute approximate surface area is 184 Å². The van der Waals surface area contributed by atoms with Crippen molar-refractivity contribution in [1.82, 2.24) is 4.90 Å². The van der Waals surface area contributed by atoms with E-state index in [1.807, 2.05) is 24.3 Å². The van der Waals surface area contributed by atoms with Gasteiger partial charge in [-0.3, -0.25) is 9.69 Å². The molecule has 0 aromatic heterocycles. The molecular formula is C21H22N2O5S2. The maximum absolute atomic E-state index is 12.9. The largest absolute Gasteiger partial charge is 0.495 e. The number of hydrogen-bond donors (Lipinski definition) is 1. The molecule has 158 valence electrons. The summed E-state index contributed by atoms with van der Waals surface area (Å²) in [5, 5.41) is 3.20. The first kappa shape index (κ1) is 21.8. The fourth-order valence-corrected chi connectivity index (χ4v) is 4.18. The first-order valence-corrected chi connectivity index (χ1v) is 10.2. The van der Waals surface area contributed by atoms with Crippen molar-refractivity contribution in [3.8, 4) is 23.0 Å². The average molecular weight is 447 g/mol. The molecule has 0 bridgehead atoms. The third-order valence-corrected chi connectivity index (χ3v) is 5.77. The van der Waals surface area contributed by atoms with Crippen molar-refractivity contribution >= 4 is 46.0 Å². The standard InChI is InChI=1S/C21H22N2O5S2/c1-25-15-8-6-5-7-14(15)22-12-23-20(24)18(30-21(23)29)11-13-9-16(26-2)19(28-4)17(10-13)27-3/h5-11,22H,12H2,1-4H3. The van der Waals surface area contributed by atoms with Crippen LogP contribution < -0.4 is 24.3 Å². The lowest BCUT2D eigenvalue weighted by atomic mass is 10.1. The monoisotopic (exact) mass is 446 g/mol. The molecule has 0 atom stereocenters. The summed E-state index contributed by atoms with van der Waals surface area (Å²) in [4.78, 5) is 14.9. The molecule has 0 spiro atoms. The van der Waals surface area contributed by atoms with Crippen LogP contribution in [-0.2, 0) is 4.79 Å². The molecule has 1 heterocycles. The summed E-state index contributed by atoms with van der Waals surface area (Å²) in [5.74, 6) is 2.02. The van der Waals surface area contributed by atoms with Crippen molar-refractivity contribution < 1.29 is 23.7 Å². The first-order valence-electron chi connectivity index (χ1n) is 8.94. The summed E-state index contributed by atoms with van der Waals surface area (Å²) in [6, 6.07) is 11.0. The van der Waals surface area contributed by atoms with E-state index in [-0.39, 0.29) is 12.6 Å². The number of nitrogens with one attached hydrogen (secondary N) is 1. The molecule has 1 aliphatic rings. The molecule has 0 radical (unpaired) electrons. The molecule has 1 fully saturated rings. The molecule has 7 nitrogen and oxygen atoms in total. The van der Waals surface area contributed by atoms with Crippen LogP contribution in [0.15, 0.2) is 41.3 Å². The predicted molar refractivity (Wildman–Crippen MR) is 123 cm³/mol. The van der Waals surface area contributed by atoms with E-state index in [1.165, 1.54) is 16.7 Å².